The number of nitrogens with zero attached hydrogens (tertiary/aromatic N) is 3. The first-order valence-electron chi connectivity index (χ1n) is 6.71. The molecular formula is C12H19N5O3. The van der Waals surface area contributed by atoms with E-state index in [1.165, 1.54) is 4.90 Å². The van der Waals surface area contributed by atoms with Crippen molar-refractivity contribution < 1.29 is 9.59 Å². The zero-order valence-corrected chi connectivity index (χ0v) is 11.5. The number of aromatic amines is 2. The fourth-order valence-corrected chi connectivity index (χ4v) is 2.25. The summed E-state index contributed by atoms with van der Waals surface area (Å²) in [6.45, 7) is 1.70. The van der Waals surface area contributed by atoms with Crippen molar-refractivity contribution in [3.8, 4) is 0 Å². The Morgan fingerprint density at radius 3 is 2.85 bits per heavy atom. The summed E-state index contributed by atoms with van der Waals surface area (Å²) in [5.41, 5.74) is -0.381. The maximum atomic E-state index is 11.9. The highest BCUT2D eigenvalue weighted by Gasteiger charge is 2.20. The molecule has 2 amide bonds. The lowest BCUT2D eigenvalue weighted by molar-refractivity contribution is -0.132. The molecule has 8 heteroatoms. The van der Waals surface area contributed by atoms with E-state index in [1.807, 2.05) is 0 Å². The fraction of sp³-hybridized carbons (Fsp3) is 0.667. The van der Waals surface area contributed by atoms with Crippen molar-refractivity contribution in [3.05, 3.63) is 16.3 Å². The zero-order valence-electron chi connectivity index (χ0n) is 11.5. The fourth-order valence-electron chi connectivity index (χ4n) is 2.25. The van der Waals surface area contributed by atoms with Crippen molar-refractivity contribution in [1.29, 1.82) is 0 Å². The van der Waals surface area contributed by atoms with Gasteiger partial charge in [-0.15, -0.1) is 0 Å². The highest BCUT2D eigenvalue weighted by Crippen LogP contribution is 2.10. The number of hydrogen-bond acceptors (Lipinski definition) is 4. The predicted molar refractivity (Wildman–Crippen MR) is 70.7 cm³/mol. The van der Waals surface area contributed by atoms with Crippen LogP contribution in [0.3, 0.4) is 0 Å². The van der Waals surface area contributed by atoms with Gasteiger partial charge in [-0.1, -0.05) is 0 Å². The standard InChI is InChI=1S/C12H19N5O3/c1-16(8-9-13-12(20)15-14-9)10(18)4-2-6-17-7-3-5-11(17)19/h2-8H2,1H3,(H2,13,14,15,20). The SMILES string of the molecule is CN(Cc1n[nH]c(=O)[nH]1)C(=O)CCCN1CCCC1=O. The molecule has 2 N–H and O–H groups in total. The van der Waals surface area contributed by atoms with Crippen LogP contribution in [0, 0.1) is 0 Å². The monoisotopic (exact) mass is 281 g/mol. The third-order valence-electron chi connectivity index (χ3n) is 3.35. The van der Waals surface area contributed by atoms with Gasteiger partial charge in [-0.2, -0.15) is 5.10 Å². The molecule has 0 saturated carbocycles. The summed E-state index contributed by atoms with van der Waals surface area (Å²) in [6.07, 6.45) is 2.58. The summed E-state index contributed by atoms with van der Waals surface area (Å²) in [5, 5.41) is 6.01. The van der Waals surface area contributed by atoms with E-state index >= 15 is 0 Å². The highest BCUT2D eigenvalue weighted by atomic mass is 16.2. The lowest BCUT2D eigenvalue weighted by Crippen LogP contribution is -2.29. The summed E-state index contributed by atoms with van der Waals surface area (Å²) in [5.74, 6) is 0.584. The Hall–Kier alpha value is -2.12. The van der Waals surface area contributed by atoms with Crippen LogP contribution in [0.25, 0.3) is 0 Å². The maximum absolute atomic E-state index is 11.9. The molecule has 0 aliphatic carbocycles. The van der Waals surface area contributed by atoms with Crippen LogP contribution in [0.1, 0.15) is 31.5 Å². The second-order valence-corrected chi connectivity index (χ2v) is 4.96. The molecule has 2 rings (SSSR count). The molecule has 1 aromatic rings. The Kier molecular flexibility index (Phi) is 4.54. The van der Waals surface area contributed by atoms with Gasteiger partial charge in [0.25, 0.3) is 0 Å². The Bertz CT molecular complexity index is 535. The average molecular weight is 281 g/mol. The van der Waals surface area contributed by atoms with Gasteiger partial charge in [0.05, 0.1) is 6.54 Å². The molecule has 1 fully saturated rings. The number of nitrogens with one attached hydrogen (secondary N) is 2. The molecule has 1 aliphatic rings. The number of aromatic nitrogens is 3. The number of amides is 2. The van der Waals surface area contributed by atoms with E-state index in [1.54, 1.807) is 11.9 Å². The van der Waals surface area contributed by atoms with Crippen LogP contribution < -0.4 is 5.69 Å². The maximum Gasteiger partial charge on any atom is 0.340 e. The minimum Gasteiger partial charge on any atom is -0.343 e. The van der Waals surface area contributed by atoms with Crippen LogP contribution in [0.15, 0.2) is 4.79 Å². The molecule has 0 atom stereocenters. The molecule has 1 aliphatic heterocycles. The molecule has 2 heterocycles. The van der Waals surface area contributed by atoms with Crippen LogP contribution in [-0.2, 0) is 16.1 Å². The third-order valence-corrected chi connectivity index (χ3v) is 3.35. The molecule has 0 aromatic carbocycles. The van der Waals surface area contributed by atoms with Crippen LogP contribution >= 0.6 is 0 Å². The van der Waals surface area contributed by atoms with Gasteiger partial charge in [-0.25, -0.2) is 9.89 Å². The Morgan fingerprint density at radius 2 is 2.25 bits per heavy atom. The van der Waals surface area contributed by atoms with Gasteiger partial charge in [0.1, 0.15) is 0 Å². The summed E-state index contributed by atoms with van der Waals surface area (Å²) in [4.78, 5) is 40.0. The molecule has 0 unspecified atom stereocenters. The third kappa shape index (κ3) is 3.69. The largest absolute Gasteiger partial charge is 0.343 e. The topological polar surface area (TPSA) is 102 Å². The second kappa shape index (κ2) is 6.36. The molecule has 110 valence electrons. The average Bonchev–Trinajstić information content (AvgIpc) is 2.99. The first-order chi connectivity index (χ1) is 9.56. The second-order valence-electron chi connectivity index (χ2n) is 4.96. The van der Waals surface area contributed by atoms with Crippen molar-refractivity contribution in [2.24, 2.45) is 0 Å². The lowest BCUT2D eigenvalue weighted by atomic mass is 10.2. The number of carbonyl (C=O) groups excluding carboxylic acids is 2. The van der Waals surface area contributed by atoms with E-state index in [4.69, 9.17) is 0 Å². The quantitative estimate of drug-likeness (QED) is 0.731. The lowest BCUT2D eigenvalue weighted by Gasteiger charge is -2.18. The van der Waals surface area contributed by atoms with Gasteiger partial charge < -0.3 is 9.80 Å². The molecule has 8 nitrogen and oxygen atoms in total. The van der Waals surface area contributed by atoms with E-state index in [0.29, 0.717) is 31.6 Å². The van der Waals surface area contributed by atoms with E-state index in [0.717, 1.165) is 13.0 Å². The normalized spacial score (nSPS) is 14.8. The first-order valence-corrected chi connectivity index (χ1v) is 6.71. The van der Waals surface area contributed by atoms with Crippen LogP contribution in [-0.4, -0.2) is 56.9 Å². The van der Waals surface area contributed by atoms with Crippen molar-refractivity contribution in [1.82, 2.24) is 25.0 Å². The minimum absolute atomic E-state index is 0.0273. The highest BCUT2D eigenvalue weighted by molar-refractivity contribution is 5.78. The molecule has 20 heavy (non-hydrogen) atoms. The van der Waals surface area contributed by atoms with Gasteiger partial charge in [-0.3, -0.25) is 14.6 Å². The Morgan fingerprint density at radius 1 is 1.45 bits per heavy atom. The predicted octanol–water partition coefficient (Wildman–Crippen LogP) is -0.541. The van der Waals surface area contributed by atoms with Gasteiger partial charge >= 0.3 is 5.69 Å². The summed E-state index contributed by atoms with van der Waals surface area (Å²) >= 11 is 0. The minimum atomic E-state index is -0.381. The van der Waals surface area contributed by atoms with Crippen LogP contribution in [0.5, 0.6) is 0 Å². The molecule has 0 spiro atoms. The van der Waals surface area contributed by atoms with E-state index < -0.39 is 0 Å². The van der Waals surface area contributed by atoms with Gasteiger partial charge in [0, 0.05) is 33.0 Å². The summed E-state index contributed by atoms with van der Waals surface area (Å²) < 4.78 is 0. The molecule has 0 radical (unpaired) electrons. The van der Waals surface area contributed by atoms with Gasteiger partial charge in [0.15, 0.2) is 5.82 Å². The number of H-pyrrole nitrogens is 2. The first kappa shape index (κ1) is 14.3. The number of rotatable bonds is 6. The number of hydrogen-bond donors (Lipinski definition) is 2. The summed E-state index contributed by atoms with van der Waals surface area (Å²) in [7, 11) is 1.66. The van der Waals surface area contributed by atoms with E-state index in [2.05, 4.69) is 15.2 Å². The van der Waals surface area contributed by atoms with Crippen molar-refractivity contribution >= 4 is 11.8 Å². The Labute approximate surface area is 116 Å². The molecule has 0 bridgehead atoms. The molecular weight excluding hydrogens is 262 g/mol. The van der Waals surface area contributed by atoms with Gasteiger partial charge in [-0.05, 0) is 12.8 Å². The van der Waals surface area contributed by atoms with Crippen LogP contribution in [0.4, 0.5) is 0 Å². The Balaban J connectivity index is 1.71. The van der Waals surface area contributed by atoms with E-state index in [9.17, 15) is 14.4 Å². The van der Waals surface area contributed by atoms with Crippen molar-refractivity contribution in [2.75, 3.05) is 20.1 Å². The summed E-state index contributed by atoms with van der Waals surface area (Å²) in [6, 6.07) is 0. The number of carbonyl (C=O) groups is 2. The smallest absolute Gasteiger partial charge is 0.340 e. The zero-order chi connectivity index (χ0) is 14.5. The molecule has 1 saturated heterocycles. The van der Waals surface area contributed by atoms with Crippen LogP contribution in [0.2, 0.25) is 0 Å². The van der Waals surface area contributed by atoms with E-state index in [-0.39, 0.29) is 24.0 Å². The van der Waals surface area contributed by atoms with Gasteiger partial charge in [0.2, 0.25) is 11.8 Å². The molecule has 1 aromatic heterocycles. The van der Waals surface area contributed by atoms with Crippen molar-refractivity contribution in [3.63, 3.8) is 0 Å². The van der Waals surface area contributed by atoms with Crippen molar-refractivity contribution in [2.45, 2.75) is 32.2 Å². The number of likely N-dealkylation sites (tertiary alicyclic amines) is 1.